The van der Waals surface area contributed by atoms with E-state index < -0.39 is 33.9 Å². The first-order valence-corrected chi connectivity index (χ1v) is 13.6. The van der Waals surface area contributed by atoms with Gasteiger partial charge in [0.25, 0.3) is 4.52 Å². The molecule has 3 atom stereocenters. The Morgan fingerprint density at radius 1 is 1.31 bits per heavy atom. The van der Waals surface area contributed by atoms with Crippen molar-refractivity contribution >= 4 is 74.2 Å². The van der Waals surface area contributed by atoms with E-state index in [1.165, 1.54) is 31.2 Å². The lowest BCUT2D eigenvalue weighted by atomic mass is 9.99. The Balaban J connectivity index is 1.80. The van der Waals surface area contributed by atoms with Crippen LogP contribution < -0.4 is 5.32 Å². The van der Waals surface area contributed by atoms with Gasteiger partial charge in [-0.25, -0.2) is 9.48 Å². The number of hydrogen-bond donors (Lipinski definition) is 1. The third-order valence-corrected chi connectivity index (χ3v) is 8.47. The van der Waals surface area contributed by atoms with Crippen LogP contribution in [0.15, 0.2) is 47.6 Å². The lowest BCUT2D eigenvalue weighted by Gasteiger charge is -2.49. The van der Waals surface area contributed by atoms with Gasteiger partial charge in [-0.3, -0.25) is 9.59 Å². The minimum Gasteiger partial charge on any atom is -0.426 e. The summed E-state index contributed by atoms with van der Waals surface area (Å²) in [6, 6.07) is 6.99. The molecule has 10 nitrogen and oxygen atoms in total. The molecule has 0 saturated carbocycles. The number of aryl methyl sites for hydroxylation is 1. The summed E-state index contributed by atoms with van der Waals surface area (Å²) in [4.78, 5) is 40.0. The molecule has 0 spiro atoms. The summed E-state index contributed by atoms with van der Waals surface area (Å²) in [6.45, 7) is 5.38. The largest absolute Gasteiger partial charge is 0.426 e. The van der Waals surface area contributed by atoms with Gasteiger partial charge < -0.3 is 15.0 Å². The summed E-state index contributed by atoms with van der Waals surface area (Å²) in [7, 11) is 4.03. The second-order valence-corrected chi connectivity index (χ2v) is 11.5. The van der Waals surface area contributed by atoms with Crippen LogP contribution in [-0.2, 0) is 32.6 Å². The van der Waals surface area contributed by atoms with Crippen LogP contribution in [0.5, 0.6) is 0 Å². The molecule has 0 aliphatic carbocycles. The van der Waals surface area contributed by atoms with Crippen LogP contribution in [0.3, 0.4) is 0 Å². The topological polar surface area (TPSA) is 119 Å². The number of benzene rings is 1. The quantitative estimate of drug-likeness (QED) is 0.141. The van der Waals surface area contributed by atoms with Crippen LogP contribution in [0.4, 0.5) is 0 Å². The highest BCUT2D eigenvalue weighted by atomic mass is 35.5. The predicted molar refractivity (Wildman–Crippen MR) is 135 cm³/mol. The van der Waals surface area contributed by atoms with Crippen molar-refractivity contribution in [1.29, 1.82) is 0 Å². The fraction of sp³-hybridized carbons (Fsp3) is 0.400. The van der Waals surface area contributed by atoms with Gasteiger partial charge in [0.15, 0.2) is 6.04 Å². The first-order valence-electron chi connectivity index (χ1n) is 10.1. The molecule has 1 aromatic carbocycles. The maximum atomic E-state index is 13.2. The minimum atomic E-state index is -1.98. The highest BCUT2D eigenvalue weighted by Gasteiger charge is 2.54. The van der Waals surface area contributed by atoms with E-state index in [1.54, 1.807) is 14.0 Å². The zero-order valence-corrected chi connectivity index (χ0v) is 22.5. The molecule has 3 unspecified atom stereocenters. The second kappa shape index (κ2) is 11.8. The van der Waals surface area contributed by atoms with Crippen molar-refractivity contribution in [3.8, 4) is 0 Å². The van der Waals surface area contributed by atoms with E-state index in [2.05, 4.69) is 27.4 Å². The number of hydrogen-bond acceptors (Lipinski definition) is 9. The zero-order chi connectivity index (χ0) is 25.8. The number of likely N-dealkylation sites (tertiary alicyclic amines) is 1. The summed E-state index contributed by atoms with van der Waals surface area (Å²) < 4.78 is 4.56. The third-order valence-electron chi connectivity index (χ3n) is 4.78. The van der Waals surface area contributed by atoms with Crippen molar-refractivity contribution in [3.63, 3.8) is 0 Å². The molecule has 1 aromatic heterocycles. The molecule has 1 N–H and O–H groups in total. The van der Waals surface area contributed by atoms with E-state index in [4.69, 9.17) is 39.5 Å². The molecule has 15 heteroatoms. The molecule has 2 amide bonds. The summed E-state index contributed by atoms with van der Waals surface area (Å²) in [5, 5.41) is 13.8. The number of rotatable bonds is 11. The number of amides is 2. The van der Waals surface area contributed by atoms with E-state index in [1.807, 2.05) is 30.3 Å². The van der Waals surface area contributed by atoms with Gasteiger partial charge in [0.1, 0.15) is 11.4 Å². The molecule has 2 aromatic rings. The SMILES string of the molecule is C=C(C)C(C(=O)OC(Cl)(Cl)CCl)N1C(=O)C(NC(=O)Cc2ccccc2)C1SSc1nnnn1C. The van der Waals surface area contributed by atoms with E-state index in [0.717, 1.165) is 5.56 Å². The van der Waals surface area contributed by atoms with Crippen LogP contribution in [0, 0.1) is 0 Å². The van der Waals surface area contributed by atoms with E-state index >= 15 is 0 Å². The molecule has 1 saturated heterocycles. The van der Waals surface area contributed by atoms with Crippen molar-refractivity contribution in [3.05, 3.63) is 48.0 Å². The summed E-state index contributed by atoms with van der Waals surface area (Å²) in [5.74, 6) is -2.13. The maximum absolute atomic E-state index is 13.2. The molecular formula is C20H21Cl3N6O4S2. The first kappa shape index (κ1) is 27.6. The highest BCUT2D eigenvalue weighted by Crippen LogP contribution is 2.43. The Morgan fingerprint density at radius 2 is 2.00 bits per heavy atom. The van der Waals surface area contributed by atoms with Gasteiger partial charge in [-0.15, -0.1) is 16.7 Å². The van der Waals surface area contributed by atoms with Crippen LogP contribution in [0.25, 0.3) is 0 Å². The maximum Gasteiger partial charge on any atom is 0.335 e. The summed E-state index contributed by atoms with van der Waals surface area (Å²) >= 11 is 17.4. The average molecular weight is 580 g/mol. The average Bonchev–Trinajstić information content (AvgIpc) is 3.21. The molecule has 1 aliphatic rings. The molecule has 3 rings (SSSR count). The smallest absolute Gasteiger partial charge is 0.335 e. The number of esters is 1. The molecular weight excluding hydrogens is 559 g/mol. The van der Waals surface area contributed by atoms with Gasteiger partial charge in [0.05, 0.1) is 12.3 Å². The van der Waals surface area contributed by atoms with Crippen molar-refractivity contribution in [2.45, 2.75) is 40.5 Å². The van der Waals surface area contributed by atoms with Gasteiger partial charge in [-0.05, 0) is 39.3 Å². The van der Waals surface area contributed by atoms with Gasteiger partial charge in [-0.1, -0.05) is 70.9 Å². The number of β-lactam (4-membered cyclic amide) rings is 1. The van der Waals surface area contributed by atoms with Crippen molar-refractivity contribution in [2.24, 2.45) is 7.05 Å². The Labute approximate surface area is 224 Å². The van der Waals surface area contributed by atoms with Crippen LogP contribution in [0.1, 0.15) is 12.5 Å². The number of carbonyl (C=O) groups excluding carboxylic acids is 3. The number of alkyl halides is 3. The Morgan fingerprint density at radius 3 is 2.57 bits per heavy atom. The number of nitrogens with one attached hydrogen (secondary N) is 1. The number of carbonyl (C=O) groups is 3. The fourth-order valence-corrected chi connectivity index (χ4v) is 5.98. The summed E-state index contributed by atoms with van der Waals surface area (Å²) in [6.07, 6.45) is 0.0883. The van der Waals surface area contributed by atoms with E-state index in [9.17, 15) is 14.4 Å². The van der Waals surface area contributed by atoms with Gasteiger partial charge in [0.2, 0.25) is 17.0 Å². The molecule has 0 bridgehead atoms. The number of ether oxygens (including phenoxy) is 1. The molecule has 1 aliphatic heterocycles. The fourth-order valence-electron chi connectivity index (χ4n) is 3.17. The van der Waals surface area contributed by atoms with Crippen molar-refractivity contribution < 1.29 is 19.1 Å². The molecule has 188 valence electrons. The second-order valence-electron chi connectivity index (χ2n) is 7.55. The standard InChI is InChI=1S/C20H21Cl3N6O4S2/c1-11(2)15(18(32)33-20(22,23)10-21)29-16(31)14(17(29)34-35-19-25-26-27-28(19)3)24-13(30)9-12-7-5-4-6-8-12/h4-8,14-15,17H,1,9-10H2,2-3H3,(H,24,30). The molecule has 35 heavy (non-hydrogen) atoms. The molecule has 0 radical (unpaired) electrons. The first-order chi connectivity index (χ1) is 16.5. The Hall–Kier alpha value is -1.99. The normalized spacial score (nSPS) is 18.5. The predicted octanol–water partition coefficient (Wildman–Crippen LogP) is 2.70. The van der Waals surface area contributed by atoms with E-state index in [-0.39, 0.29) is 18.2 Å². The molecule has 2 heterocycles. The van der Waals surface area contributed by atoms with Crippen molar-refractivity contribution in [1.82, 2.24) is 30.4 Å². The lowest BCUT2D eigenvalue weighted by molar-refractivity contribution is -0.164. The lowest BCUT2D eigenvalue weighted by Crippen LogP contribution is -2.73. The third kappa shape index (κ3) is 6.82. The Bertz CT molecular complexity index is 1100. The van der Waals surface area contributed by atoms with E-state index in [0.29, 0.717) is 10.7 Å². The molecule has 1 fully saturated rings. The summed E-state index contributed by atoms with van der Waals surface area (Å²) in [5.41, 5.74) is 1.11. The van der Waals surface area contributed by atoms with Crippen LogP contribution >= 0.6 is 56.4 Å². The van der Waals surface area contributed by atoms with Gasteiger partial charge >= 0.3 is 5.97 Å². The highest BCUT2D eigenvalue weighted by molar-refractivity contribution is 8.76. The number of tetrazole rings is 1. The van der Waals surface area contributed by atoms with Gasteiger partial charge in [-0.2, -0.15) is 0 Å². The van der Waals surface area contributed by atoms with Crippen LogP contribution in [-0.4, -0.2) is 70.7 Å². The van der Waals surface area contributed by atoms with Crippen LogP contribution in [0.2, 0.25) is 0 Å². The monoisotopic (exact) mass is 578 g/mol. The van der Waals surface area contributed by atoms with Gasteiger partial charge in [0, 0.05) is 7.05 Å². The van der Waals surface area contributed by atoms with Crippen molar-refractivity contribution in [2.75, 3.05) is 5.88 Å². The number of nitrogens with zero attached hydrogens (tertiary/aromatic N) is 5. The minimum absolute atomic E-state index is 0.0883. The Kier molecular flexibility index (Phi) is 9.33. The zero-order valence-electron chi connectivity index (χ0n) is 18.6. The number of aromatic nitrogens is 4. The number of halogens is 3.